The zero-order valence-corrected chi connectivity index (χ0v) is 8.71. The van der Waals surface area contributed by atoms with E-state index in [0.717, 1.165) is 5.56 Å². The van der Waals surface area contributed by atoms with E-state index < -0.39 is 0 Å². The minimum atomic E-state index is 0.728. The van der Waals surface area contributed by atoms with Crippen molar-refractivity contribution >= 4 is 31.5 Å². The summed E-state index contributed by atoms with van der Waals surface area (Å²) < 4.78 is 2.53. The standard InChI is InChI=1S/C13H7NS/c14-8-9-5-6-13-11(7-9)10-3-1-2-4-12(10)15-13/h1-7H. The second kappa shape index (κ2) is 3.08. The maximum Gasteiger partial charge on any atom is 0.0991 e. The molecule has 15 heavy (non-hydrogen) atoms. The van der Waals surface area contributed by atoms with Gasteiger partial charge in [-0.05, 0) is 24.3 Å². The van der Waals surface area contributed by atoms with Crippen molar-refractivity contribution in [1.29, 1.82) is 5.26 Å². The van der Waals surface area contributed by atoms with Crippen molar-refractivity contribution in [3.63, 3.8) is 0 Å². The van der Waals surface area contributed by atoms with Crippen LogP contribution < -0.4 is 0 Å². The number of fused-ring (bicyclic) bond motifs is 3. The summed E-state index contributed by atoms with van der Waals surface area (Å²) in [5.41, 5.74) is 0.728. The molecule has 2 aromatic carbocycles. The Balaban J connectivity index is 2.53. The van der Waals surface area contributed by atoms with Crippen LogP contribution in [-0.4, -0.2) is 0 Å². The average molecular weight is 209 g/mol. The second-order valence-corrected chi connectivity index (χ2v) is 4.50. The lowest BCUT2D eigenvalue weighted by atomic mass is 10.1. The van der Waals surface area contributed by atoms with Gasteiger partial charge in [0.2, 0.25) is 0 Å². The van der Waals surface area contributed by atoms with Crippen LogP contribution in [-0.2, 0) is 0 Å². The molecule has 0 unspecified atom stereocenters. The highest BCUT2D eigenvalue weighted by molar-refractivity contribution is 7.25. The van der Waals surface area contributed by atoms with Gasteiger partial charge in [-0.25, -0.2) is 0 Å². The van der Waals surface area contributed by atoms with E-state index in [9.17, 15) is 0 Å². The van der Waals surface area contributed by atoms with Crippen molar-refractivity contribution in [2.75, 3.05) is 0 Å². The number of nitrogens with zero attached hydrogens (tertiary/aromatic N) is 1. The van der Waals surface area contributed by atoms with E-state index in [4.69, 9.17) is 5.26 Å². The van der Waals surface area contributed by atoms with E-state index in [1.54, 1.807) is 11.3 Å². The summed E-state index contributed by atoms with van der Waals surface area (Å²) in [7, 11) is 0. The summed E-state index contributed by atoms with van der Waals surface area (Å²) in [6.07, 6.45) is 0. The van der Waals surface area contributed by atoms with Crippen LogP contribution >= 0.6 is 11.3 Å². The predicted octanol–water partition coefficient (Wildman–Crippen LogP) is 3.93. The number of rotatable bonds is 0. The Kier molecular flexibility index (Phi) is 1.74. The van der Waals surface area contributed by atoms with E-state index in [0.29, 0.717) is 0 Å². The minimum absolute atomic E-state index is 0.728. The molecule has 1 heterocycles. The summed E-state index contributed by atoms with van der Waals surface area (Å²) in [4.78, 5) is 0. The fourth-order valence-corrected chi connectivity index (χ4v) is 2.88. The van der Waals surface area contributed by atoms with Crippen LogP contribution in [0.1, 0.15) is 5.56 Å². The third-order valence-corrected chi connectivity index (χ3v) is 3.66. The Labute approximate surface area is 91.2 Å². The van der Waals surface area contributed by atoms with Crippen molar-refractivity contribution < 1.29 is 0 Å². The first kappa shape index (κ1) is 8.46. The van der Waals surface area contributed by atoms with Crippen LogP contribution in [0.5, 0.6) is 0 Å². The molecule has 0 aliphatic rings. The van der Waals surface area contributed by atoms with Gasteiger partial charge in [0, 0.05) is 20.2 Å². The molecule has 0 aliphatic carbocycles. The molecule has 0 N–H and O–H groups in total. The highest BCUT2D eigenvalue weighted by atomic mass is 32.1. The molecule has 0 radical (unpaired) electrons. The first-order valence-corrected chi connectivity index (χ1v) is 5.51. The van der Waals surface area contributed by atoms with Crippen molar-refractivity contribution in [3.05, 3.63) is 48.0 Å². The molecule has 0 bridgehead atoms. The molecule has 0 spiro atoms. The van der Waals surface area contributed by atoms with Gasteiger partial charge in [0.05, 0.1) is 11.6 Å². The van der Waals surface area contributed by atoms with E-state index in [-0.39, 0.29) is 0 Å². The van der Waals surface area contributed by atoms with E-state index in [1.165, 1.54) is 20.2 Å². The molecule has 70 valence electrons. The lowest BCUT2D eigenvalue weighted by Crippen LogP contribution is -1.71. The zero-order chi connectivity index (χ0) is 10.3. The van der Waals surface area contributed by atoms with Crippen LogP contribution in [0.3, 0.4) is 0 Å². The van der Waals surface area contributed by atoms with Crippen molar-refractivity contribution in [1.82, 2.24) is 0 Å². The van der Waals surface area contributed by atoms with Gasteiger partial charge >= 0.3 is 0 Å². The predicted molar refractivity (Wildman–Crippen MR) is 64.0 cm³/mol. The van der Waals surface area contributed by atoms with Gasteiger partial charge in [-0.3, -0.25) is 0 Å². The van der Waals surface area contributed by atoms with Crippen LogP contribution in [0, 0.1) is 11.3 Å². The number of thiophene rings is 1. The molecule has 3 aromatic rings. The highest BCUT2D eigenvalue weighted by Gasteiger charge is 2.04. The summed E-state index contributed by atoms with van der Waals surface area (Å²) >= 11 is 1.77. The van der Waals surface area contributed by atoms with Gasteiger partial charge in [0.25, 0.3) is 0 Å². The highest BCUT2D eigenvalue weighted by Crippen LogP contribution is 2.33. The van der Waals surface area contributed by atoms with E-state index >= 15 is 0 Å². The van der Waals surface area contributed by atoms with Gasteiger partial charge in [-0.15, -0.1) is 11.3 Å². The van der Waals surface area contributed by atoms with Crippen LogP contribution in [0.15, 0.2) is 42.5 Å². The van der Waals surface area contributed by atoms with Gasteiger partial charge < -0.3 is 0 Å². The maximum absolute atomic E-state index is 8.86. The summed E-state index contributed by atoms with van der Waals surface area (Å²) in [5, 5.41) is 11.3. The third kappa shape index (κ3) is 1.21. The van der Waals surface area contributed by atoms with Crippen molar-refractivity contribution in [3.8, 4) is 6.07 Å². The van der Waals surface area contributed by atoms with Crippen molar-refractivity contribution in [2.24, 2.45) is 0 Å². The molecule has 1 aromatic heterocycles. The lowest BCUT2D eigenvalue weighted by Gasteiger charge is -1.91. The molecule has 0 aliphatic heterocycles. The number of hydrogen-bond donors (Lipinski definition) is 0. The smallest absolute Gasteiger partial charge is 0.0991 e. The van der Waals surface area contributed by atoms with Crippen LogP contribution in [0.2, 0.25) is 0 Å². The summed E-state index contributed by atoms with van der Waals surface area (Å²) in [6, 6.07) is 16.3. The molecule has 0 saturated heterocycles. The van der Waals surface area contributed by atoms with Gasteiger partial charge in [-0.2, -0.15) is 5.26 Å². The molecular weight excluding hydrogens is 202 g/mol. The van der Waals surface area contributed by atoms with E-state index in [1.807, 2.05) is 30.3 Å². The monoisotopic (exact) mass is 209 g/mol. The Bertz CT molecular complexity index is 688. The molecular formula is C13H7NS. The minimum Gasteiger partial charge on any atom is -0.192 e. The topological polar surface area (TPSA) is 23.8 Å². The fraction of sp³-hybridized carbons (Fsp3) is 0. The quantitative estimate of drug-likeness (QED) is 0.550. The molecule has 0 saturated carbocycles. The largest absolute Gasteiger partial charge is 0.192 e. The van der Waals surface area contributed by atoms with Gasteiger partial charge in [0.1, 0.15) is 0 Å². The lowest BCUT2D eigenvalue weighted by molar-refractivity contribution is 1.50. The molecule has 1 nitrogen and oxygen atoms in total. The zero-order valence-electron chi connectivity index (χ0n) is 7.90. The first-order valence-electron chi connectivity index (χ1n) is 4.70. The van der Waals surface area contributed by atoms with Crippen LogP contribution in [0.25, 0.3) is 20.2 Å². The number of nitriles is 1. The summed E-state index contributed by atoms with van der Waals surface area (Å²) in [5.74, 6) is 0. The van der Waals surface area contributed by atoms with Crippen LogP contribution in [0.4, 0.5) is 0 Å². The van der Waals surface area contributed by atoms with Gasteiger partial charge in [0.15, 0.2) is 0 Å². The van der Waals surface area contributed by atoms with E-state index in [2.05, 4.69) is 18.2 Å². The second-order valence-electron chi connectivity index (χ2n) is 3.42. The third-order valence-electron chi connectivity index (χ3n) is 2.51. The SMILES string of the molecule is N#Cc1ccc2sc3ccccc3c2c1. The molecule has 0 amide bonds. The number of hydrogen-bond acceptors (Lipinski definition) is 2. The molecule has 0 atom stereocenters. The first-order chi connectivity index (χ1) is 7.38. The summed E-state index contributed by atoms with van der Waals surface area (Å²) in [6.45, 7) is 0. The molecule has 3 rings (SSSR count). The molecule has 2 heteroatoms. The average Bonchev–Trinajstić information content (AvgIpc) is 2.66. The molecule has 0 fully saturated rings. The Morgan fingerprint density at radius 2 is 1.73 bits per heavy atom. The van der Waals surface area contributed by atoms with Crippen molar-refractivity contribution in [2.45, 2.75) is 0 Å². The van der Waals surface area contributed by atoms with Gasteiger partial charge in [-0.1, -0.05) is 18.2 Å². The maximum atomic E-state index is 8.86. The normalized spacial score (nSPS) is 10.6. The Morgan fingerprint density at radius 3 is 2.60 bits per heavy atom. The fourth-order valence-electron chi connectivity index (χ4n) is 1.80. The Hall–Kier alpha value is -1.85. The number of benzene rings is 2. The Morgan fingerprint density at radius 1 is 0.933 bits per heavy atom.